The van der Waals surface area contributed by atoms with Crippen molar-refractivity contribution in [1.29, 1.82) is 0 Å². The van der Waals surface area contributed by atoms with Gasteiger partial charge in [0, 0.05) is 10.2 Å². The first-order chi connectivity index (χ1) is 9.47. The van der Waals surface area contributed by atoms with Gasteiger partial charge in [-0.15, -0.1) is 0 Å². The summed E-state index contributed by atoms with van der Waals surface area (Å²) in [6.07, 6.45) is 0.0126. The third kappa shape index (κ3) is 3.45. The van der Waals surface area contributed by atoms with Crippen LogP contribution in [0.1, 0.15) is 16.7 Å². The fourth-order valence-corrected chi connectivity index (χ4v) is 2.34. The Balaban J connectivity index is 2.13. The van der Waals surface area contributed by atoms with Gasteiger partial charge >= 0.3 is 0 Å². The van der Waals surface area contributed by atoms with Gasteiger partial charge in [0.2, 0.25) is 5.91 Å². The lowest BCUT2D eigenvalue weighted by molar-refractivity contribution is -0.115. The summed E-state index contributed by atoms with van der Waals surface area (Å²) in [5.41, 5.74) is 3.28. The third-order valence-electron chi connectivity index (χ3n) is 3.24. The summed E-state index contributed by atoms with van der Waals surface area (Å²) < 4.78 is 14.4. The number of nitrogens with one attached hydrogen (secondary N) is 1. The van der Waals surface area contributed by atoms with Crippen molar-refractivity contribution in [3.63, 3.8) is 0 Å². The molecule has 2 aromatic carbocycles. The summed E-state index contributed by atoms with van der Waals surface area (Å²) >= 11 is 3.28. The van der Waals surface area contributed by atoms with Gasteiger partial charge in [-0.3, -0.25) is 4.79 Å². The summed E-state index contributed by atoms with van der Waals surface area (Å²) in [7, 11) is 0. The molecule has 0 heterocycles. The molecule has 0 aliphatic carbocycles. The second kappa shape index (κ2) is 6.18. The van der Waals surface area contributed by atoms with Crippen molar-refractivity contribution < 1.29 is 9.18 Å². The highest BCUT2D eigenvalue weighted by molar-refractivity contribution is 9.10. The van der Waals surface area contributed by atoms with E-state index in [4.69, 9.17) is 0 Å². The average Bonchev–Trinajstić information content (AvgIpc) is 2.39. The summed E-state index contributed by atoms with van der Waals surface area (Å²) in [6, 6.07) is 10.3. The van der Waals surface area contributed by atoms with Crippen molar-refractivity contribution in [2.45, 2.75) is 20.3 Å². The third-order valence-corrected chi connectivity index (χ3v) is 3.73. The molecular formula is C16H15BrFNO. The fourth-order valence-electron chi connectivity index (χ4n) is 1.93. The Labute approximate surface area is 126 Å². The first-order valence-electron chi connectivity index (χ1n) is 6.27. The van der Waals surface area contributed by atoms with Crippen LogP contribution in [0.5, 0.6) is 0 Å². The number of benzene rings is 2. The van der Waals surface area contributed by atoms with E-state index >= 15 is 0 Å². The molecule has 0 aliphatic rings. The lowest BCUT2D eigenvalue weighted by Crippen LogP contribution is -2.16. The number of carbonyl (C=O) groups excluding carboxylic acids is 1. The number of aryl methyl sites for hydroxylation is 1. The second-order valence-corrected chi connectivity index (χ2v) is 5.62. The minimum atomic E-state index is -0.371. The minimum absolute atomic E-state index is 0.0126. The monoisotopic (exact) mass is 335 g/mol. The molecule has 0 radical (unpaired) electrons. The summed E-state index contributed by atoms with van der Waals surface area (Å²) in [5, 5.41) is 2.83. The van der Waals surface area contributed by atoms with Gasteiger partial charge in [0.25, 0.3) is 0 Å². The molecule has 1 N–H and O–H groups in total. The summed E-state index contributed by atoms with van der Waals surface area (Å²) in [4.78, 5) is 12.0. The lowest BCUT2D eigenvalue weighted by atomic mass is 10.1. The van der Waals surface area contributed by atoms with Gasteiger partial charge in [-0.1, -0.05) is 28.1 Å². The van der Waals surface area contributed by atoms with Crippen LogP contribution >= 0.6 is 15.9 Å². The summed E-state index contributed by atoms with van der Waals surface area (Å²) in [6.45, 7) is 3.93. The fraction of sp³-hybridized carbons (Fsp3) is 0.188. The van der Waals surface area contributed by atoms with Crippen LogP contribution in [0.15, 0.2) is 40.9 Å². The highest BCUT2D eigenvalue weighted by Crippen LogP contribution is 2.20. The standard InChI is InChI=1S/C16H15BrFNO/c1-10-4-3-5-15(11(10)2)19-16(20)9-12-8-13(17)6-7-14(12)18/h3-8H,9H2,1-2H3,(H,19,20). The molecule has 0 unspecified atom stereocenters. The number of carbonyl (C=O) groups is 1. The van der Waals surface area contributed by atoms with E-state index in [0.717, 1.165) is 21.3 Å². The van der Waals surface area contributed by atoms with Crippen LogP contribution in [-0.4, -0.2) is 5.91 Å². The Morgan fingerprint density at radius 2 is 2.00 bits per heavy atom. The predicted molar refractivity (Wildman–Crippen MR) is 82.3 cm³/mol. The highest BCUT2D eigenvalue weighted by Gasteiger charge is 2.10. The lowest BCUT2D eigenvalue weighted by Gasteiger charge is -2.10. The van der Waals surface area contributed by atoms with Gasteiger partial charge in [0.15, 0.2) is 0 Å². The van der Waals surface area contributed by atoms with Crippen LogP contribution in [0.2, 0.25) is 0 Å². The molecule has 104 valence electrons. The zero-order valence-corrected chi connectivity index (χ0v) is 12.9. The molecule has 2 rings (SSSR count). The Kier molecular flexibility index (Phi) is 4.55. The highest BCUT2D eigenvalue weighted by atomic mass is 79.9. The largest absolute Gasteiger partial charge is 0.326 e. The quantitative estimate of drug-likeness (QED) is 0.885. The van der Waals surface area contributed by atoms with Gasteiger partial charge in [-0.05, 0) is 54.8 Å². The number of rotatable bonds is 3. The van der Waals surface area contributed by atoms with E-state index < -0.39 is 0 Å². The van der Waals surface area contributed by atoms with Crippen LogP contribution in [0, 0.1) is 19.7 Å². The Hall–Kier alpha value is -1.68. The first-order valence-corrected chi connectivity index (χ1v) is 7.06. The topological polar surface area (TPSA) is 29.1 Å². The number of anilines is 1. The van der Waals surface area contributed by atoms with E-state index in [1.165, 1.54) is 6.07 Å². The first kappa shape index (κ1) is 14.7. The van der Waals surface area contributed by atoms with Crippen LogP contribution in [-0.2, 0) is 11.2 Å². The zero-order valence-electron chi connectivity index (χ0n) is 11.3. The number of amides is 1. The second-order valence-electron chi connectivity index (χ2n) is 4.71. The maximum absolute atomic E-state index is 13.6. The molecule has 0 bridgehead atoms. The van der Waals surface area contributed by atoms with E-state index in [9.17, 15) is 9.18 Å². The van der Waals surface area contributed by atoms with E-state index in [0.29, 0.717) is 5.56 Å². The van der Waals surface area contributed by atoms with Gasteiger partial charge in [0.1, 0.15) is 5.82 Å². The van der Waals surface area contributed by atoms with Crippen molar-refractivity contribution in [3.05, 3.63) is 63.4 Å². The van der Waals surface area contributed by atoms with Crippen molar-refractivity contribution in [1.82, 2.24) is 0 Å². The molecule has 1 amide bonds. The molecule has 0 saturated carbocycles. The summed E-state index contributed by atoms with van der Waals surface area (Å²) in [5.74, 6) is -0.597. The van der Waals surface area contributed by atoms with E-state index in [-0.39, 0.29) is 18.1 Å². The maximum atomic E-state index is 13.6. The molecule has 0 saturated heterocycles. The smallest absolute Gasteiger partial charge is 0.228 e. The SMILES string of the molecule is Cc1cccc(NC(=O)Cc2cc(Br)ccc2F)c1C. The number of hydrogen-bond donors (Lipinski definition) is 1. The van der Waals surface area contributed by atoms with Gasteiger partial charge in [-0.25, -0.2) is 4.39 Å². The number of halogens is 2. The van der Waals surface area contributed by atoms with Crippen LogP contribution < -0.4 is 5.32 Å². The van der Waals surface area contributed by atoms with Crippen LogP contribution in [0.25, 0.3) is 0 Å². The van der Waals surface area contributed by atoms with Gasteiger partial charge in [-0.2, -0.15) is 0 Å². The molecule has 0 aliphatic heterocycles. The van der Waals surface area contributed by atoms with Crippen molar-refractivity contribution >= 4 is 27.5 Å². The normalized spacial score (nSPS) is 10.4. The van der Waals surface area contributed by atoms with Crippen molar-refractivity contribution in [2.24, 2.45) is 0 Å². The molecular weight excluding hydrogens is 321 g/mol. The molecule has 2 aromatic rings. The van der Waals surface area contributed by atoms with E-state index in [1.54, 1.807) is 12.1 Å². The molecule has 4 heteroatoms. The molecule has 2 nitrogen and oxygen atoms in total. The molecule has 0 atom stereocenters. The van der Waals surface area contributed by atoms with Crippen LogP contribution in [0.4, 0.5) is 10.1 Å². The van der Waals surface area contributed by atoms with Crippen molar-refractivity contribution in [3.8, 4) is 0 Å². The molecule has 20 heavy (non-hydrogen) atoms. The van der Waals surface area contributed by atoms with Gasteiger partial charge < -0.3 is 5.32 Å². The maximum Gasteiger partial charge on any atom is 0.228 e. The predicted octanol–water partition coefficient (Wildman–Crippen LogP) is 4.39. The average molecular weight is 336 g/mol. The molecule has 0 fully saturated rings. The van der Waals surface area contributed by atoms with Crippen molar-refractivity contribution in [2.75, 3.05) is 5.32 Å². The van der Waals surface area contributed by atoms with Gasteiger partial charge in [0.05, 0.1) is 6.42 Å². The van der Waals surface area contributed by atoms with E-state index in [2.05, 4.69) is 21.2 Å². The Morgan fingerprint density at radius 3 is 2.75 bits per heavy atom. The minimum Gasteiger partial charge on any atom is -0.326 e. The zero-order chi connectivity index (χ0) is 14.7. The molecule has 0 spiro atoms. The van der Waals surface area contributed by atoms with E-state index in [1.807, 2.05) is 32.0 Å². The molecule has 0 aromatic heterocycles. The number of hydrogen-bond acceptors (Lipinski definition) is 1. The Morgan fingerprint density at radius 1 is 1.25 bits per heavy atom. The Bertz CT molecular complexity index is 649. The van der Waals surface area contributed by atoms with Crippen LogP contribution in [0.3, 0.4) is 0 Å².